The average Bonchev–Trinajstić information content (AvgIpc) is 2.49. The van der Waals surface area contributed by atoms with Crippen LogP contribution in [0.25, 0.3) is 0 Å². The highest BCUT2D eigenvalue weighted by Gasteiger charge is 2.12. The van der Waals surface area contributed by atoms with Gasteiger partial charge in [-0.2, -0.15) is 0 Å². The molecule has 2 rings (SSSR count). The molecular formula is C16H16ClN3O4S. The van der Waals surface area contributed by atoms with Crippen LogP contribution in [0.1, 0.15) is 15.9 Å². The number of nitrogens with one attached hydrogen (secondary N) is 2. The van der Waals surface area contributed by atoms with Crippen LogP contribution in [0.15, 0.2) is 42.5 Å². The number of primary amides is 1. The first-order valence-corrected chi connectivity index (χ1v) is 9.37. The highest BCUT2D eigenvalue weighted by atomic mass is 35.5. The largest absolute Gasteiger partial charge is 0.369 e. The zero-order chi connectivity index (χ0) is 18.6. The van der Waals surface area contributed by atoms with Gasteiger partial charge < -0.3 is 11.1 Å². The van der Waals surface area contributed by atoms with Crippen LogP contribution < -0.4 is 15.8 Å². The van der Waals surface area contributed by atoms with E-state index in [9.17, 15) is 18.0 Å². The summed E-state index contributed by atoms with van der Waals surface area (Å²) in [5.74, 6) is -0.875. The van der Waals surface area contributed by atoms with Crippen LogP contribution >= 0.6 is 11.6 Å². The van der Waals surface area contributed by atoms with E-state index >= 15 is 0 Å². The zero-order valence-electron chi connectivity index (χ0n) is 13.2. The van der Waals surface area contributed by atoms with Crippen LogP contribution in [0.2, 0.25) is 5.02 Å². The van der Waals surface area contributed by atoms with Crippen molar-refractivity contribution in [2.24, 2.45) is 5.73 Å². The zero-order valence-corrected chi connectivity index (χ0v) is 14.8. The summed E-state index contributed by atoms with van der Waals surface area (Å²) in [6.45, 7) is 0. The van der Waals surface area contributed by atoms with Gasteiger partial charge in [-0.1, -0.05) is 23.7 Å². The lowest BCUT2D eigenvalue weighted by molar-refractivity contribution is -0.117. The number of rotatable bonds is 6. The van der Waals surface area contributed by atoms with Gasteiger partial charge in [0.25, 0.3) is 5.91 Å². The fourth-order valence-electron chi connectivity index (χ4n) is 2.05. The van der Waals surface area contributed by atoms with Crippen molar-refractivity contribution < 1.29 is 18.0 Å². The molecule has 0 aromatic heterocycles. The maximum absolute atomic E-state index is 12.3. The van der Waals surface area contributed by atoms with Gasteiger partial charge in [-0.25, -0.2) is 8.42 Å². The van der Waals surface area contributed by atoms with E-state index < -0.39 is 21.8 Å². The summed E-state index contributed by atoms with van der Waals surface area (Å²) in [6.07, 6.45) is 1.11. The minimum atomic E-state index is -3.52. The van der Waals surface area contributed by atoms with Crippen LogP contribution in [-0.2, 0) is 21.2 Å². The Morgan fingerprint density at radius 2 is 1.76 bits per heavy atom. The number of halogens is 1. The van der Waals surface area contributed by atoms with Gasteiger partial charge in [0.1, 0.15) is 0 Å². The predicted octanol–water partition coefficient (Wildman–Crippen LogP) is 1.99. The Morgan fingerprint density at radius 1 is 1.12 bits per heavy atom. The van der Waals surface area contributed by atoms with E-state index in [2.05, 4.69) is 10.0 Å². The van der Waals surface area contributed by atoms with Crippen LogP contribution in [-0.4, -0.2) is 26.5 Å². The van der Waals surface area contributed by atoms with Crippen LogP contribution in [0.4, 0.5) is 11.4 Å². The molecule has 4 N–H and O–H groups in total. The van der Waals surface area contributed by atoms with Crippen molar-refractivity contribution in [2.45, 2.75) is 6.42 Å². The second kappa shape index (κ2) is 7.54. The molecule has 0 saturated carbocycles. The first-order chi connectivity index (χ1) is 11.6. The third kappa shape index (κ3) is 5.77. The molecule has 132 valence electrons. The van der Waals surface area contributed by atoms with E-state index in [-0.39, 0.29) is 22.7 Å². The normalized spacial score (nSPS) is 11.0. The van der Waals surface area contributed by atoms with E-state index in [1.165, 1.54) is 18.2 Å². The lowest BCUT2D eigenvalue weighted by Gasteiger charge is -2.10. The number of nitrogens with two attached hydrogens (primary N) is 1. The smallest absolute Gasteiger partial charge is 0.255 e. The van der Waals surface area contributed by atoms with Gasteiger partial charge in [0.15, 0.2) is 0 Å². The minimum Gasteiger partial charge on any atom is -0.369 e. The Morgan fingerprint density at radius 3 is 2.32 bits per heavy atom. The molecule has 0 radical (unpaired) electrons. The average molecular weight is 382 g/mol. The number of amides is 2. The Bertz CT molecular complexity index is 911. The number of carbonyl (C=O) groups is 2. The summed E-state index contributed by atoms with van der Waals surface area (Å²) in [5.41, 5.74) is 6.73. The van der Waals surface area contributed by atoms with Gasteiger partial charge >= 0.3 is 0 Å². The molecule has 0 bridgehead atoms. The van der Waals surface area contributed by atoms with Gasteiger partial charge in [0, 0.05) is 11.3 Å². The summed E-state index contributed by atoms with van der Waals surface area (Å²) < 4.78 is 24.9. The molecule has 2 aromatic carbocycles. The van der Waals surface area contributed by atoms with E-state index in [0.717, 1.165) is 11.8 Å². The highest BCUT2D eigenvalue weighted by Crippen LogP contribution is 2.24. The van der Waals surface area contributed by atoms with Crippen molar-refractivity contribution in [3.05, 3.63) is 58.6 Å². The number of carbonyl (C=O) groups excluding carboxylic acids is 2. The first kappa shape index (κ1) is 18.8. The Labute approximate surface area is 150 Å². The molecule has 0 spiro atoms. The van der Waals surface area contributed by atoms with E-state index in [1.807, 2.05) is 0 Å². The molecule has 2 amide bonds. The molecule has 2 aromatic rings. The predicted molar refractivity (Wildman–Crippen MR) is 97.2 cm³/mol. The second-order valence-corrected chi connectivity index (χ2v) is 7.52. The van der Waals surface area contributed by atoms with E-state index in [1.54, 1.807) is 24.3 Å². The van der Waals surface area contributed by atoms with E-state index in [4.69, 9.17) is 17.3 Å². The van der Waals surface area contributed by atoms with Gasteiger partial charge in [0.2, 0.25) is 15.9 Å². The SMILES string of the molecule is CS(=O)(=O)Nc1cc(C(=O)Nc2ccc(CC(N)=O)cc2)ccc1Cl. The number of hydrogen-bond donors (Lipinski definition) is 3. The highest BCUT2D eigenvalue weighted by molar-refractivity contribution is 7.92. The third-order valence-electron chi connectivity index (χ3n) is 3.11. The first-order valence-electron chi connectivity index (χ1n) is 7.10. The summed E-state index contributed by atoms with van der Waals surface area (Å²) >= 11 is 5.93. The lowest BCUT2D eigenvalue weighted by atomic mass is 10.1. The molecule has 0 saturated heterocycles. The standard InChI is InChI=1S/C16H16ClN3O4S/c1-25(23,24)20-14-9-11(4-7-13(14)17)16(22)19-12-5-2-10(3-6-12)8-15(18)21/h2-7,9,20H,8H2,1H3,(H2,18,21)(H,19,22). The summed E-state index contributed by atoms with van der Waals surface area (Å²) in [5, 5.41) is 2.85. The maximum Gasteiger partial charge on any atom is 0.255 e. The molecule has 0 fully saturated rings. The van der Waals surface area contributed by atoms with Crippen molar-refractivity contribution in [1.29, 1.82) is 0 Å². The lowest BCUT2D eigenvalue weighted by Crippen LogP contribution is -2.15. The third-order valence-corrected chi connectivity index (χ3v) is 4.03. The molecule has 0 aliphatic heterocycles. The van der Waals surface area contributed by atoms with Crippen molar-refractivity contribution in [2.75, 3.05) is 16.3 Å². The molecule has 25 heavy (non-hydrogen) atoms. The Balaban J connectivity index is 2.15. The molecule has 0 heterocycles. The second-order valence-electron chi connectivity index (χ2n) is 5.36. The van der Waals surface area contributed by atoms with Crippen molar-refractivity contribution in [1.82, 2.24) is 0 Å². The van der Waals surface area contributed by atoms with Crippen molar-refractivity contribution >= 4 is 44.8 Å². The minimum absolute atomic E-state index is 0.117. The quantitative estimate of drug-likeness (QED) is 0.708. The summed E-state index contributed by atoms with van der Waals surface area (Å²) in [7, 11) is -3.52. The van der Waals surface area contributed by atoms with E-state index in [0.29, 0.717) is 5.69 Å². The Kier molecular flexibility index (Phi) is 5.66. The maximum atomic E-state index is 12.3. The van der Waals surface area contributed by atoms with Crippen LogP contribution in [0, 0.1) is 0 Å². The number of hydrogen-bond acceptors (Lipinski definition) is 4. The van der Waals surface area contributed by atoms with Gasteiger partial charge in [-0.15, -0.1) is 0 Å². The van der Waals surface area contributed by atoms with Crippen molar-refractivity contribution in [3.63, 3.8) is 0 Å². The molecule has 0 unspecified atom stereocenters. The Hall–Kier alpha value is -2.58. The molecule has 9 heteroatoms. The number of benzene rings is 2. The molecule has 0 aliphatic carbocycles. The van der Waals surface area contributed by atoms with Crippen LogP contribution in [0.3, 0.4) is 0 Å². The molecule has 7 nitrogen and oxygen atoms in total. The molecule has 0 atom stereocenters. The number of sulfonamides is 1. The fourth-order valence-corrected chi connectivity index (χ4v) is 2.84. The van der Waals surface area contributed by atoms with Crippen LogP contribution in [0.5, 0.6) is 0 Å². The molecule has 0 aliphatic rings. The number of anilines is 2. The summed E-state index contributed by atoms with van der Waals surface area (Å²) in [4.78, 5) is 23.2. The topological polar surface area (TPSA) is 118 Å². The van der Waals surface area contributed by atoms with Gasteiger partial charge in [0.05, 0.1) is 23.4 Å². The van der Waals surface area contributed by atoms with Crippen molar-refractivity contribution in [3.8, 4) is 0 Å². The molecular weight excluding hydrogens is 366 g/mol. The van der Waals surface area contributed by atoms with Gasteiger partial charge in [-0.05, 0) is 35.9 Å². The summed E-state index contributed by atoms with van der Waals surface area (Å²) in [6, 6.07) is 10.9. The van der Waals surface area contributed by atoms with Gasteiger partial charge in [-0.3, -0.25) is 14.3 Å². The monoisotopic (exact) mass is 381 g/mol. The fraction of sp³-hybridized carbons (Fsp3) is 0.125.